The smallest absolute Gasteiger partial charge is 0.160 e. The highest BCUT2D eigenvalue weighted by atomic mass is 32.1. The topological polar surface area (TPSA) is 51.8 Å². The number of pyridine rings is 1. The Morgan fingerprint density at radius 2 is 1.20 bits per heavy atom. The average Bonchev–Trinajstić information content (AvgIpc) is 3.78. The van der Waals surface area contributed by atoms with Gasteiger partial charge in [-0.1, -0.05) is 121 Å². The fraction of sp³-hybridized carbons (Fsp3) is 0. The largest absolute Gasteiger partial charge is 0.455 e. The molecule has 0 aliphatic heterocycles. The molecule has 0 aliphatic carbocycles. The first-order valence-electron chi connectivity index (χ1n) is 16.6. The summed E-state index contributed by atoms with van der Waals surface area (Å²) in [4.78, 5) is 14.6. The van der Waals surface area contributed by atoms with Gasteiger partial charge in [0, 0.05) is 65.6 Å². The van der Waals surface area contributed by atoms with E-state index in [0.717, 1.165) is 66.7 Å². The van der Waals surface area contributed by atoms with Gasteiger partial charge in [0.2, 0.25) is 0 Å². The molecule has 0 atom stereocenters. The van der Waals surface area contributed by atoms with Gasteiger partial charge in [-0.05, 0) is 47.0 Å². The normalized spacial score (nSPS) is 11.6. The van der Waals surface area contributed by atoms with Crippen molar-refractivity contribution in [1.82, 2.24) is 15.0 Å². The second-order valence-electron chi connectivity index (χ2n) is 12.4. The maximum Gasteiger partial charge on any atom is 0.160 e. The standard InChI is InChI=1S/C45H27N3OS/c1-2-10-29(11-3-1)38-26-39(48-45(47-38)30-21-19-28(20-22-30)31-12-9-25-46-27-31)36-24-23-33(42-37-14-4-6-17-40(37)49-43(36)42)35-16-8-15-34-32-13-5-7-18-41(32)50-44(34)35/h1-27H. The van der Waals surface area contributed by atoms with E-state index in [4.69, 9.17) is 14.4 Å². The number of aromatic nitrogens is 3. The molecule has 0 aliphatic rings. The number of benzene rings is 6. The average molecular weight is 658 g/mol. The minimum absolute atomic E-state index is 0.655. The van der Waals surface area contributed by atoms with Crippen molar-refractivity contribution in [3.05, 3.63) is 164 Å². The molecule has 0 fully saturated rings. The molecular weight excluding hydrogens is 631 g/mol. The van der Waals surface area contributed by atoms with Crippen molar-refractivity contribution in [3.8, 4) is 56.2 Å². The zero-order valence-corrected chi connectivity index (χ0v) is 27.6. The third-order valence-electron chi connectivity index (χ3n) is 9.43. The van der Waals surface area contributed by atoms with Crippen LogP contribution in [0.25, 0.3) is 98.3 Å². The molecule has 50 heavy (non-hydrogen) atoms. The Balaban J connectivity index is 1.20. The Hall–Kier alpha value is -6.43. The van der Waals surface area contributed by atoms with Gasteiger partial charge in [-0.2, -0.15) is 0 Å². The van der Waals surface area contributed by atoms with Crippen LogP contribution >= 0.6 is 11.3 Å². The van der Waals surface area contributed by atoms with Crippen molar-refractivity contribution in [2.45, 2.75) is 0 Å². The number of thiophene rings is 1. The molecule has 5 heteroatoms. The highest BCUT2D eigenvalue weighted by molar-refractivity contribution is 7.26. The van der Waals surface area contributed by atoms with Crippen molar-refractivity contribution >= 4 is 53.4 Å². The molecule has 234 valence electrons. The summed E-state index contributed by atoms with van der Waals surface area (Å²) in [5.41, 5.74) is 10.7. The summed E-state index contributed by atoms with van der Waals surface area (Å²) in [6.45, 7) is 0. The van der Waals surface area contributed by atoms with Crippen molar-refractivity contribution in [2.24, 2.45) is 0 Å². The lowest BCUT2D eigenvalue weighted by Crippen LogP contribution is -1.96. The lowest BCUT2D eigenvalue weighted by atomic mass is 9.95. The minimum Gasteiger partial charge on any atom is -0.455 e. The summed E-state index contributed by atoms with van der Waals surface area (Å²) in [6.07, 6.45) is 3.67. The zero-order chi connectivity index (χ0) is 33.0. The molecule has 0 unspecified atom stereocenters. The van der Waals surface area contributed by atoms with E-state index in [9.17, 15) is 0 Å². The maximum atomic E-state index is 6.76. The van der Waals surface area contributed by atoms with Crippen LogP contribution < -0.4 is 0 Å². The van der Waals surface area contributed by atoms with Crippen LogP contribution in [0.1, 0.15) is 0 Å². The summed E-state index contributed by atoms with van der Waals surface area (Å²) in [6, 6.07) is 52.8. The Bertz CT molecular complexity index is 2860. The number of nitrogens with zero attached hydrogens (tertiary/aromatic N) is 3. The van der Waals surface area contributed by atoms with E-state index in [0.29, 0.717) is 5.82 Å². The maximum absolute atomic E-state index is 6.76. The van der Waals surface area contributed by atoms with E-state index in [-0.39, 0.29) is 0 Å². The molecule has 10 aromatic rings. The summed E-state index contributed by atoms with van der Waals surface area (Å²) in [7, 11) is 0. The predicted molar refractivity (Wildman–Crippen MR) is 207 cm³/mol. The Kier molecular flexibility index (Phi) is 6.64. The van der Waals surface area contributed by atoms with E-state index in [1.54, 1.807) is 6.20 Å². The van der Waals surface area contributed by atoms with Gasteiger partial charge in [-0.3, -0.25) is 4.98 Å². The van der Waals surface area contributed by atoms with Gasteiger partial charge in [0.25, 0.3) is 0 Å². The van der Waals surface area contributed by atoms with Crippen molar-refractivity contribution in [1.29, 1.82) is 0 Å². The van der Waals surface area contributed by atoms with Crippen LogP contribution in [0.15, 0.2) is 168 Å². The summed E-state index contributed by atoms with van der Waals surface area (Å²) >= 11 is 1.84. The number of furan rings is 1. The van der Waals surface area contributed by atoms with Crippen LogP contribution in [0.3, 0.4) is 0 Å². The molecule has 6 aromatic carbocycles. The van der Waals surface area contributed by atoms with Crippen LogP contribution in [0.2, 0.25) is 0 Å². The second kappa shape index (κ2) is 11.6. The van der Waals surface area contributed by atoms with E-state index >= 15 is 0 Å². The summed E-state index contributed by atoms with van der Waals surface area (Å²) < 4.78 is 9.33. The SMILES string of the molecule is c1ccc(-c2cc(-c3ccc(-c4cccc5c4sc4ccccc45)c4c3oc3ccccc34)nc(-c3ccc(-c4cccnc4)cc3)n2)cc1. The highest BCUT2D eigenvalue weighted by Gasteiger charge is 2.21. The van der Waals surface area contributed by atoms with Crippen molar-refractivity contribution in [3.63, 3.8) is 0 Å². The molecule has 10 rings (SSSR count). The fourth-order valence-electron chi connectivity index (χ4n) is 7.03. The molecule has 0 saturated carbocycles. The monoisotopic (exact) mass is 657 g/mol. The van der Waals surface area contributed by atoms with Crippen molar-refractivity contribution in [2.75, 3.05) is 0 Å². The predicted octanol–water partition coefficient (Wildman–Crippen LogP) is 12.5. The first-order valence-corrected chi connectivity index (χ1v) is 17.4. The lowest BCUT2D eigenvalue weighted by Gasteiger charge is -2.12. The third-order valence-corrected chi connectivity index (χ3v) is 10.7. The van der Waals surface area contributed by atoms with Gasteiger partial charge in [-0.15, -0.1) is 11.3 Å². The zero-order valence-electron chi connectivity index (χ0n) is 26.7. The number of rotatable bonds is 5. The molecule has 0 saturated heterocycles. The molecule has 4 nitrogen and oxygen atoms in total. The Morgan fingerprint density at radius 3 is 2.06 bits per heavy atom. The minimum atomic E-state index is 0.655. The van der Waals surface area contributed by atoms with E-state index in [1.807, 2.05) is 53.9 Å². The number of hydrogen-bond donors (Lipinski definition) is 0. The summed E-state index contributed by atoms with van der Waals surface area (Å²) in [5, 5.41) is 4.73. The molecule has 0 N–H and O–H groups in total. The molecule has 0 spiro atoms. The molecular formula is C45H27N3OS. The molecule has 0 bridgehead atoms. The van der Waals surface area contributed by atoms with Gasteiger partial charge < -0.3 is 4.42 Å². The van der Waals surface area contributed by atoms with E-state index in [1.165, 1.54) is 25.7 Å². The fourth-order valence-corrected chi connectivity index (χ4v) is 8.26. The quantitative estimate of drug-likeness (QED) is 0.185. The van der Waals surface area contributed by atoms with Crippen LogP contribution in [-0.2, 0) is 0 Å². The number of para-hydroxylation sites is 1. The third kappa shape index (κ3) is 4.71. The Labute approximate surface area is 292 Å². The van der Waals surface area contributed by atoms with Gasteiger partial charge in [-0.25, -0.2) is 9.97 Å². The van der Waals surface area contributed by atoms with E-state index in [2.05, 4.69) is 120 Å². The molecule has 4 aromatic heterocycles. The molecule has 0 radical (unpaired) electrons. The van der Waals surface area contributed by atoms with Crippen LogP contribution in [0.4, 0.5) is 0 Å². The first-order chi connectivity index (χ1) is 24.8. The summed E-state index contributed by atoms with van der Waals surface area (Å²) in [5.74, 6) is 0.655. The number of fused-ring (bicyclic) bond motifs is 6. The van der Waals surface area contributed by atoms with Gasteiger partial charge in [0.15, 0.2) is 5.82 Å². The first kappa shape index (κ1) is 28.6. The van der Waals surface area contributed by atoms with Crippen LogP contribution in [0, 0.1) is 0 Å². The second-order valence-corrected chi connectivity index (χ2v) is 13.4. The molecule has 4 heterocycles. The van der Waals surface area contributed by atoms with E-state index < -0.39 is 0 Å². The Morgan fingerprint density at radius 1 is 0.480 bits per heavy atom. The number of hydrogen-bond acceptors (Lipinski definition) is 5. The lowest BCUT2D eigenvalue weighted by molar-refractivity contribution is 0.670. The highest BCUT2D eigenvalue weighted by Crippen LogP contribution is 2.46. The van der Waals surface area contributed by atoms with Gasteiger partial charge in [0.1, 0.15) is 11.2 Å². The van der Waals surface area contributed by atoms with Gasteiger partial charge >= 0.3 is 0 Å². The van der Waals surface area contributed by atoms with Crippen molar-refractivity contribution < 1.29 is 4.42 Å². The van der Waals surface area contributed by atoms with Gasteiger partial charge in [0.05, 0.1) is 11.4 Å². The van der Waals surface area contributed by atoms with Crippen LogP contribution in [-0.4, -0.2) is 15.0 Å². The van der Waals surface area contributed by atoms with Crippen LogP contribution in [0.5, 0.6) is 0 Å². The molecule has 0 amide bonds.